The molecule has 1 aromatic carbocycles. The molecule has 0 aliphatic carbocycles. The zero-order valence-corrected chi connectivity index (χ0v) is 17.0. The summed E-state index contributed by atoms with van der Waals surface area (Å²) in [6.45, 7) is 8.27. The van der Waals surface area contributed by atoms with Crippen molar-refractivity contribution < 1.29 is 4.79 Å². The molecule has 0 aromatic heterocycles. The first-order valence-corrected chi connectivity index (χ1v) is 9.50. The number of likely N-dealkylation sites (N-methyl/N-ethyl adjacent to an activating group) is 1. The molecule has 1 unspecified atom stereocenters. The number of guanidine groups is 1. The van der Waals surface area contributed by atoms with Crippen LogP contribution in [-0.4, -0.2) is 79.9 Å². The molecule has 1 saturated heterocycles. The third-order valence-corrected chi connectivity index (χ3v) is 4.90. The van der Waals surface area contributed by atoms with Crippen LogP contribution in [0.5, 0.6) is 0 Å². The van der Waals surface area contributed by atoms with Gasteiger partial charge >= 0.3 is 0 Å². The van der Waals surface area contributed by atoms with Crippen LogP contribution in [0.1, 0.15) is 25.5 Å². The van der Waals surface area contributed by atoms with Gasteiger partial charge in [0, 0.05) is 44.7 Å². The van der Waals surface area contributed by atoms with E-state index < -0.39 is 0 Å². The lowest BCUT2D eigenvalue weighted by atomic mass is 10.1. The molecule has 0 radical (unpaired) electrons. The van der Waals surface area contributed by atoms with Gasteiger partial charge in [0.2, 0.25) is 5.91 Å². The van der Waals surface area contributed by atoms with Gasteiger partial charge in [0.15, 0.2) is 5.96 Å². The van der Waals surface area contributed by atoms with Crippen molar-refractivity contribution in [2.45, 2.75) is 19.9 Å². The maximum absolute atomic E-state index is 11.5. The number of aliphatic imine (C=N–C) groups is 1. The first-order valence-electron chi connectivity index (χ1n) is 9.13. The largest absolute Gasteiger partial charge is 0.357 e. The number of piperazine rings is 1. The van der Waals surface area contributed by atoms with Crippen molar-refractivity contribution in [3.8, 4) is 0 Å². The van der Waals surface area contributed by atoms with E-state index >= 15 is 0 Å². The van der Waals surface area contributed by atoms with E-state index in [1.54, 1.807) is 6.92 Å². The van der Waals surface area contributed by atoms with Crippen molar-refractivity contribution in [2.75, 3.05) is 53.4 Å². The van der Waals surface area contributed by atoms with Crippen LogP contribution >= 0.6 is 11.6 Å². The van der Waals surface area contributed by atoms with Gasteiger partial charge in [-0.1, -0.05) is 23.7 Å². The first kappa shape index (κ1) is 20.5. The Bertz CT molecular complexity index is 609. The maximum atomic E-state index is 11.5. The fourth-order valence-corrected chi connectivity index (χ4v) is 3.21. The molecule has 6 nitrogen and oxygen atoms in total. The first-order chi connectivity index (χ1) is 12.4. The van der Waals surface area contributed by atoms with Crippen LogP contribution < -0.4 is 5.32 Å². The van der Waals surface area contributed by atoms with E-state index in [9.17, 15) is 4.79 Å². The predicted molar refractivity (Wildman–Crippen MR) is 108 cm³/mol. The van der Waals surface area contributed by atoms with Gasteiger partial charge in [0.25, 0.3) is 0 Å². The summed E-state index contributed by atoms with van der Waals surface area (Å²) in [7, 11) is 4.13. The highest BCUT2D eigenvalue weighted by atomic mass is 35.5. The lowest BCUT2D eigenvalue weighted by molar-refractivity contribution is -0.130. The van der Waals surface area contributed by atoms with E-state index in [-0.39, 0.29) is 11.9 Å². The van der Waals surface area contributed by atoms with E-state index in [4.69, 9.17) is 16.6 Å². The summed E-state index contributed by atoms with van der Waals surface area (Å²) in [4.78, 5) is 22.7. The molecule has 0 spiro atoms. The molecule has 26 heavy (non-hydrogen) atoms. The van der Waals surface area contributed by atoms with Crippen LogP contribution in [0.3, 0.4) is 0 Å². The number of carbonyl (C=O) groups is 1. The van der Waals surface area contributed by atoms with Crippen molar-refractivity contribution in [3.63, 3.8) is 0 Å². The molecule has 1 N–H and O–H groups in total. The van der Waals surface area contributed by atoms with Crippen LogP contribution in [0, 0.1) is 0 Å². The number of carbonyl (C=O) groups excluding carboxylic acids is 1. The number of hydrogen-bond acceptors (Lipinski definition) is 3. The van der Waals surface area contributed by atoms with E-state index in [1.165, 1.54) is 5.56 Å². The molecule has 0 bridgehead atoms. The monoisotopic (exact) mass is 379 g/mol. The van der Waals surface area contributed by atoms with E-state index in [2.05, 4.69) is 48.3 Å². The Morgan fingerprint density at radius 2 is 1.77 bits per heavy atom. The molecule has 7 heteroatoms. The van der Waals surface area contributed by atoms with Crippen molar-refractivity contribution in [2.24, 2.45) is 4.99 Å². The normalized spacial score (nSPS) is 16.8. The summed E-state index contributed by atoms with van der Waals surface area (Å²) in [6, 6.07) is 8.13. The second-order valence-electron chi connectivity index (χ2n) is 6.72. The van der Waals surface area contributed by atoms with Gasteiger partial charge < -0.3 is 20.0 Å². The number of benzene rings is 1. The fraction of sp³-hybridized carbons (Fsp3) is 0.579. The number of nitrogens with one attached hydrogen (secondary N) is 1. The average Bonchev–Trinajstić information content (AvgIpc) is 2.62. The minimum atomic E-state index is 0.141. The van der Waals surface area contributed by atoms with Gasteiger partial charge in [-0.3, -0.25) is 9.79 Å². The van der Waals surface area contributed by atoms with Crippen molar-refractivity contribution >= 4 is 23.5 Å². The number of amides is 1. The summed E-state index contributed by atoms with van der Waals surface area (Å²) in [6.07, 6.45) is 0. The predicted octanol–water partition coefficient (Wildman–Crippen LogP) is 2.07. The zero-order valence-electron chi connectivity index (χ0n) is 16.2. The van der Waals surface area contributed by atoms with Crippen LogP contribution in [0.25, 0.3) is 0 Å². The van der Waals surface area contributed by atoms with Gasteiger partial charge in [-0.05, 0) is 38.7 Å². The standard InChI is InChI=1S/C19H30ClN5O/c1-5-21-19(25-12-10-24(11-13-25)15(2)26)22-14-18(23(3)4)16-6-8-17(20)9-7-16/h6-9,18H,5,10-14H2,1-4H3,(H,21,22). The third kappa shape index (κ3) is 5.61. The Balaban J connectivity index is 2.08. The molecule has 1 aliphatic heterocycles. The Morgan fingerprint density at radius 3 is 2.27 bits per heavy atom. The summed E-state index contributed by atoms with van der Waals surface area (Å²) < 4.78 is 0. The SMILES string of the molecule is CCNC(=NCC(c1ccc(Cl)cc1)N(C)C)N1CCN(C(C)=O)CC1. The average molecular weight is 380 g/mol. The lowest BCUT2D eigenvalue weighted by Crippen LogP contribution is -2.53. The fourth-order valence-electron chi connectivity index (χ4n) is 3.08. The van der Waals surface area contributed by atoms with Gasteiger partial charge in [-0.2, -0.15) is 0 Å². The van der Waals surface area contributed by atoms with Crippen molar-refractivity contribution in [3.05, 3.63) is 34.9 Å². The molecule has 0 saturated carbocycles. The molecule has 1 aromatic rings. The van der Waals surface area contributed by atoms with Crippen LogP contribution in [-0.2, 0) is 4.79 Å². The highest BCUT2D eigenvalue weighted by molar-refractivity contribution is 6.30. The number of hydrogen-bond donors (Lipinski definition) is 1. The van der Waals surface area contributed by atoms with E-state index in [0.717, 1.165) is 43.7 Å². The number of halogens is 1. The molecular formula is C19H30ClN5O. The Hall–Kier alpha value is -1.79. The highest BCUT2D eigenvalue weighted by Crippen LogP contribution is 2.21. The summed E-state index contributed by atoms with van der Waals surface area (Å²) in [5.74, 6) is 1.05. The highest BCUT2D eigenvalue weighted by Gasteiger charge is 2.21. The second kappa shape index (κ2) is 9.78. The molecule has 2 rings (SSSR count). The summed E-state index contributed by atoms with van der Waals surface area (Å²) in [5, 5.41) is 4.13. The van der Waals surface area contributed by atoms with Crippen LogP contribution in [0.4, 0.5) is 0 Å². The van der Waals surface area contributed by atoms with Gasteiger partial charge in [-0.15, -0.1) is 0 Å². The molecule has 1 amide bonds. The lowest BCUT2D eigenvalue weighted by Gasteiger charge is -2.36. The number of nitrogens with zero attached hydrogens (tertiary/aromatic N) is 4. The smallest absolute Gasteiger partial charge is 0.219 e. The second-order valence-corrected chi connectivity index (χ2v) is 7.16. The van der Waals surface area contributed by atoms with Gasteiger partial charge in [-0.25, -0.2) is 0 Å². The topological polar surface area (TPSA) is 51.2 Å². The molecule has 144 valence electrons. The van der Waals surface area contributed by atoms with Gasteiger partial charge in [0.05, 0.1) is 12.6 Å². The van der Waals surface area contributed by atoms with Gasteiger partial charge in [0.1, 0.15) is 0 Å². The van der Waals surface area contributed by atoms with Crippen molar-refractivity contribution in [1.82, 2.24) is 20.0 Å². The zero-order chi connectivity index (χ0) is 19.1. The Kier molecular flexibility index (Phi) is 7.72. The minimum absolute atomic E-state index is 0.141. The molecule has 1 fully saturated rings. The summed E-state index contributed by atoms with van der Waals surface area (Å²) in [5.41, 5.74) is 1.19. The summed E-state index contributed by atoms with van der Waals surface area (Å²) >= 11 is 6.01. The number of rotatable bonds is 5. The molecular weight excluding hydrogens is 350 g/mol. The third-order valence-electron chi connectivity index (χ3n) is 4.65. The van der Waals surface area contributed by atoms with Crippen LogP contribution in [0.15, 0.2) is 29.3 Å². The van der Waals surface area contributed by atoms with E-state index in [0.29, 0.717) is 6.54 Å². The van der Waals surface area contributed by atoms with E-state index in [1.807, 2.05) is 17.0 Å². The van der Waals surface area contributed by atoms with Crippen LogP contribution in [0.2, 0.25) is 5.02 Å². The maximum Gasteiger partial charge on any atom is 0.219 e. The molecule has 1 heterocycles. The molecule has 1 aliphatic rings. The Morgan fingerprint density at radius 1 is 1.19 bits per heavy atom. The Labute approximate surface area is 161 Å². The van der Waals surface area contributed by atoms with Crippen molar-refractivity contribution in [1.29, 1.82) is 0 Å². The quantitative estimate of drug-likeness (QED) is 0.628. The molecule has 1 atom stereocenters. The minimum Gasteiger partial charge on any atom is -0.357 e.